The molecule has 2 N–H and O–H groups in total. The third-order valence-electron chi connectivity index (χ3n) is 2.76. The molecule has 0 atom stereocenters. The Balaban J connectivity index is 1.93. The second kappa shape index (κ2) is 8.33. The highest BCUT2D eigenvalue weighted by Crippen LogP contribution is 2.16. The number of amides is 2. The summed E-state index contributed by atoms with van der Waals surface area (Å²) in [5.74, 6) is -0.0171. The van der Waals surface area contributed by atoms with Crippen molar-refractivity contribution in [1.82, 2.24) is 5.43 Å². The van der Waals surface area contributed by atoms with Crippen LogP contribution >= 0.6 is 0 Å². The number of nitrogens with zero attached hydrogens (tertiary/aromatic N) is 1. The number of hydrogen-bond acceptors (Lipinski definition) is 4. The smallest absolute Gasteiger partial charge is 0.262 e. The van der Waals surface area contributed by atoms with Gasteiger partial charge < -0.3 is 10.1 Å². The van der Waals surface area contributed by atoms with Crippen LogP contribution in [-0.4, -0.2) is 24.6 Å². The van der Waals surface area contributed by atoms with E-state index in [-0.39, 0.29) is 18.4 Å². The Morgan fingerprint density at radius 3 is 2.52 bits per heavy atom. The monoisotopic (exact) mass is 311 g/mol. The number of ether oxygens (including phenoxy) is 1. The van der Waals surface area contributed by atoms with Gasteiger partial charge in [0.1, 0.15) is 5.75 Å². The molecule has 2 rings (SSSR count). The summed E-state index contributed by atoms with van der Waals surface area (Å²) in [5, 5.41) is 6.53. The quantitative estimate of drug-likeness (QED) is 0.634. The van der Waals surface area contributed by atoms with Crippen LogP contribution < -0.4 is 15.5 Å². The van der Waals surface area contributed by atoms with Crippen molar-refractivity contribution in [3.05, 3.63) is 60.2 Å². The zero-order valence-corrected chi connectivity index (χ0v) is 12.7. The van der Waals surface area contributed by atoms with Crippen molar-refractivity contribution in [3.63, 3.8) is 0 Å². The van der Waals surface area contributed by atoms with Crippen LogP contribution in [0.2, 0.25) is 0 Å². The molecule has 0 aliphatic heterocycles. The molecule has 2 amide bonds. The summed E-state index contributed by atoms with van der Waals surface area (Å²) in [6.07, 6.45) is 1.46. The maximum absolute atomic E-state index is 11.9. The van der Waals surface area contributed by atoms with Crippen molar-refractivity contribution < 1.29 is 14.3 Å². The predicted octanol–water partition coefficient (Wildman–Crippen LogP) is 2.17. The molecule has 0 saturated heterocycles. The summed E-state index contributed by atoms with van der Waals surface area (Å²) in [6.45, 7) is 1.24. The Kier molecular flexibility index (Phi) is 5.88. The number of anilines is 1. The standard InChI is InChI=1S/C17H17N3O3/c1-13(21)20-18-11-14-7-5-6-10-16(14)23-12-17(22)19-15-8-3-2-4-9-15/h2-11H,12H2,1H3,(H,19,22)(H,20,21)/b18-11-. The summed E-state index contributed by atoms with van der Waals surface area (Å²) in [7, 11) is 0. The minimum atomic E-state index is -0.262. The Labute approximate surface area is 134 Å². The number of carbonyl (C=O) groups is 2. The summed E-state index contributed by atoms with van der Waals surface area (Å²) in [6, 6.07) is 16.2. The first-order chi connectivity index (χ1) is 11.1. The summed E-state index contributed by atoms with van der Waals surface area (Å²) < 4.78 is 5.51. The number of benzene rings is 2. The highest BCUT2D eigenvalue weighted by atomic mass is 16.5. The molecule has 0 unspecified atom stereocenters. The number of para-hydroxylation sites is 2. The SMILES string of the molecule is CC(=O)N/N=C\c1ccccc1OCC(=O)Nc1ccccc1. The van der Waals surface area contributed by atoms with Gasteiger partial charge in [-0.1, -0.05) is 30.3 Å². The lowest BCUT2D eigenvalue weighted by Crippen LogP contribution is -2.20. The van der Waals surface area contributed by atoms with Crippen molar-refractivity contribution in [1.29, 1.82) is 0 Å². The fourth-order valence-corrected chi connectivity index (χ4v) is 1.77. The van der Waals surface area contributed by atoms with Crippen molar-refractivity contribution in [2.75, 3.05) is 11.9 Å². The molecule has 0 fully saturated rings. The van der Waals surface area contributed by atoms with Gasteiger partial charge >= 0.3 is 0 Å². The number of carbonyl (C=O) groups excluding carboxylic acids is 2. The van der Waals surface area contributed by atoms with Crippen LogP contribution in [-0.2, 0) is 9.59 Å². The summed E-state index contributed by atoms with van der Waals surface area (Å²) in [5.41, 5.74) is 3.69. The minimum Gasteiger partial charge on any atom is -0.483 e. The van der Waals surface area contributed by atoms with Gasteiger partial charge in [-0.2, -0.15) is 5.10 Å². The molecule has 0 spiro atoms. The molecule has 0 bridgehead atoms. The summed E-state index contributed by atoms with van der Waals surface area (Å²) >= 11 is 0. The molecular weight excluding hydrogens is 294 g/mol. The average Bonchev–Trinajstić information content (AvgIpc) is 2.54. The van der Waals surface area contributed by atoms with Crippen LogP contribution in [0.4, 0.5) is 5.69 Å². The maximum atomic E-state index is 11.9. The van der Waals surface area contributed by atoms with Crippen LogP contribution in [0, 0.1) is 0 Å². The molecular formula is C17H17N3O3. The van der Waals surface area contributed by atoms with Gasteiger partial charge in [-0.25, -0.2) is 5.43 Å². The van der Waals surface area contributed by atoms with E-state index in [0.29, 0.717) is 17.0 Å². The molecule has 0 heterocycles. The van der Waals surface area contributed by atoms with Gasteiger partial charge in [-0.15, -0.1) is 0 Å². The molecule has 6 nitrogen and oxygen atoms in total. The topological polar surface area (TPSA) is 79.8 Å². The van der Waals surface area contributed by atoms with Crippen molar-refractivity contribution >= 4 is 23.7 Å². The van der Waals surface area contributed by atoms with Gasteiger partial charge in [0.05, 0.1) is 6.21 Å². The molecule has 0 aromatic heterocycles. The van der Waals surface area contributed by atoms with Crippen molar-refractivity contribution in [2.45, 2.75) is 6.92 Å². The zero-order valence-electron chi connectivity index (χ0n) is 12.7. The molecule has 23 heavy (non-hydrogen) atoms. The fraction of sp³-hybridized carbons (Fsp3) is 0.118. The van der Waals surface area contributed by atoms with E-state index < -0.39 is 0 Å². The normalized spacial score (nSPS) is 10.3. The van der Waals surface area contributed by atoms with Gasteiger partial charge in [-0.05, 0) is 24.3 Å². The molecule has 118 valence electrons. The van der Waals surface area contributed by atoms with Crippen LogP contribution in [0.1, 0.15) is 12.5 Å². The fourth-order valence-electron chi connectivity index (χ4n) is 1.77. The Bertz CT molecular complexity index is 699. The molecule has 2 aromatic rings. The molecule has 0 radical (unpaired) electrons. The first kappa shape index (κ1) is 16.2. The molecule has 0 saturated carbocycles. The van der Waals surface area contributed by atoms with E-state index in [9.17, 15) is 9.59 Å². The third-order valence-corrected chi connectivity index (χ3v) is 2.76. The summed E-state index contributed by atoms with van der Waals surface area (Å²) in [4.78, 5) is 22.7. The van der Waals surface area contributed by atoms with Crippen molar-refractivity contribution in [2.24, 2.45) is 5.10 Å². The van der Waals surface area contributed by atoms with Crippen LogP contribution in [0.25, 0.3) is 0 Å². The number of hydrogen-bond donors (Lipinski definition) is 2. The van der Waals surface area contributed by atoms with Crippen molar-refractivity contribution in [3.8, 4) is 5.75 Å². The Morgan fingerprint density at radius 2 is 1.78 bits per heavy atom. The van der Waals surface area contributed by atoms with E-state index in [2.05, 4.69) is 15.8 Å². The van der Waals surface area contributed by atoms with Crippen LogP contribution in [0.3, 0.4) is 0 Å². The highest BCUT2D eigenvalue weighted by Gasteiger charge is 2.06. The van der Waals surface area contributed by atoms with Gasteiger partial charge in [0.25, 0.3) is 5.91 Å². The number of rotatable bonds is 6. The molecule has 0 aliphatic rings. The lowest BCUT2D eigenvalue weighted by atomic mass is 10.2. The number of nitrogens with one attached hydrogen (secondary N) is 2. The lowest BCUT2D eigenvalue weighted by molar-refractivity contribution is -0.119. The van der Waals surface area contributed by atoms with Gasteiger partial charge in [-0.3, -0.25) is 9.59 Å². The van der Waals surface area contributed by atoms with E-state index in [0.717, 1.165) is 0 Å². The zero-order chi connectivity index (χ0) is 16.5. The third kappa shape index (κ3) is 5.62. The van der Waals surface area contributed by atoms with E-state index in [4.69, 9.17) is 4.74 Å². The predicted molar refractivity (Wildman–Crippen MR) is 88.4 cm³/mol. The number of hydrazone groups is 1. The second-order valence-corrected chi connectivity index (χ2v) is 4.67. The van der Waals surface area contributed by atoms with E-state index in [1.165, 1.54) is 13.1 Å². The first-order valence-corrected chi connectivity index (χ1v) is 7.01. The van der Waals surface area contributed by atoms with Crippen LogP contribution in [0.15, 0.2) is 59.7 Å². The second-order valence-electron chi connectivity index (χ2n) is 4.67. The molecule has 0 aliphatic carbocycles. The molecule has 6 heteroatoms. The van der Waals surface area contributed by atoms with Gasteiger partial charge in [0.2, 0.25) is 5.91 Å². The lowest BCUT2D eigenvalue weighted by Gasteiger charge is -2.09. The first-order valence-electron chi connectivity index (χ1n) is 7.01. The van der Waals surface area contributed by atoms with E-state index in [1.807, 2.05) is 24.3 Å². The van der Waals surface area contributed by atoms with Crippen LogP contribution in [0.5, 0.6) is 5.75 Å². The molecule has 2 aromatic carbocycles. The highest BCUT2D eigenvalue weighted by molar-refractivity contribution is 5.92. The Morgan fingerprint density at radius 1 is 1.09 bits per heavy atom. The van der Waals surface area contributed by atoms with E-state index in [1.54, 1.807) is 30.3 Å². The Hall–Kier alpha value is -3.15. The maximum Gasteiger partial charge on any atom is 0.262 e. The van der Waals surface area contributed by atoms with E-state index >= 15 is 0 Å². The largest absolute Gasteiger partial charge is 0.483 e. The average molecular weight is 311 g/mol. The minimum absolute atomic E-state index is 0.125. The van der Waals surface area contributed by atoms with Gasteiger partial charge in [0.15, 0.2) is 6.61 Å². The van der Waals surface area contributed by atoms with Gasteiger partial charge in [0, 0.05) is 18.2 Å².